The zero-order valence-electron chi connectivity index (χ0n) is 26.5. The molecule has 0 aromatic heterocycles. The van der Waals surface area contributed by atoms with E-state index in [1.165, 1.54) is 32.4 Å². The van der Waals surface area contributed by atoms with Gasteiger partial charge in [0.1, 0.15) is 6.04 Å². The Morgan fingerprint density at radius 2 is 1.62 bits per heavy atom. The first-order valence-corrected chi connectivity index (χ1v) is 17.0. The molecule has 1 aromatic carbocycles. The number of carbonyl (C=O) groups excluding carboxylic acids is 3. The maximum Gasteiger partial charge on any atom is 0.322 e. The molecule has 10 nitrogen and oxygen atoms in total. The van der Waals surface area contributed by atoms with Crippen molar-refractivity contribution in [2.24, 2.45) is 0 Å². The van der Waals surface area contributed by atoms with Crippen molar-refractivity contribution in [3.8, 4) is 0 Å². The second kappa shape index (κ2) is 15.0. The van der Waals surface area contributed by atoms with Gasteiger partial charge in [0.05, 0.1) is 6.42 Å². The number of rotatable bonds is 7. The van der Waals surface area contributed by atoms with Crippen LogP contribution >= 0.6 is 0 Å². The smallest absolute Gasteiger partial charge is 0.322 e. The molecule has 3 fully saturated rings. The van der Waals surface area contributed by atoms with Crippen LogP contribution in [0.25, 0.3) is 0 Å². The van der Waals surface area contributed by atoms with E-state index in [0.717, 1.165) is 62.1 Å². The van der Waals surface area contributed by atoms with E-state index in [1.807, 2.05) is 57.3 Å². The Morgan fingerprint density at radius 3 is 2.42 bits per heavy atom. The zero-order valence-corrected chi connectivity index (χ0v) is 26.5. The predicted molar refractivity (Wildman–Crippen MR) is 176 cm³/mol. The average Bonchev–Trinajstić information content (AvgIpc) is 3.22. The first-order valence-electron chi connectivity index (χ1n) is 17.0. The third-order valence-corrected chi connectivity index (χ3v) is 10.1. The Morgan fingerprint density at radius 1 is 0.889 bits per heavy atom. The normalized spacial score (nSPS) is 23.4. The van der Waals surface area contributed by atoms with Crippen molar-refractivity contribution in [1.82, 2.24) is 30.2 Å². The highest BCUT2D eigenvalue weighted by molar-refractivity contribution is 5.92. The van der Waals surface area contributed by atoms with E-state index in [1.54, 1.807) is 0 Å². The topological polar surface area (TPSA) is 100 Å². The fourth-order valence-electron chi connectivity index (χ4n) is 7.45. The number of nitrogens with zero attached hydrogens (tertiary/aromatic N) is 4. The summed E-state index contributed by atoms with van der Waals surface area (Å²) in [6.45, 7) is 6.27. The Bertz CT molecular complexity index is 1290. The highest BCUT2D eigenvalue weighted by Crippen LogP contribution is 2.28. The van der Waals surface area contributed by atoms with Gasteiger partial charge < -0.3 is 35.6 Å². The van der Waals surface area contributed by atoms with Crippen molar-refractivity contribution in [3.05, 3.63) is 66.0 Å². The molecule has 3 N–H and O–H groups in total. The van der Waals surface area contributed by atoms with Gasteiger partial charge in [0.2, 0.25) is 11.8 Å². The maximum absolute atomic E-state index is 14.0. The first kappa shape index (κ1) is 31.2. The van der Waals surface area contributed by atoms with Crippen molar-refractivity contribution in [2.75, 3.05) is 51.1 Å². The van der Waals surface area contributed by atoms with Crippen LogP contribution in [-0.2, 0) is 16.1 Å². The van der Waals surface area contributed by atoms with Crippen LogP contribution in [0, 0.1) is 0 Å². The summed E-state index contributed by atoms with van der Waals surface area (Å²) in [6.07, 6.45) is 18.3. The number of allylic oxidation sites excluding steroid dienone is 3. The van der Waals surface area contributed by atoms with E-state index in [9.17, 15) is 14.4 Å². The Balaban J connectivity index is 1.08. The number of amides is 4. The van der Waals surface area contributed by atoms with Crippen LogP contribution in [0.5, 0.6) is 0 Å². The van der Waals surface area contributed by atoms with Gasteiger partial charge in [0.25, 0.3) is 0 Å². The van der Waals surface area contributed by atoms with Gasteiger partial charge in [-0.05, 0) is 81.9 Å². The fourth-order valence-corrected chi connectivity index (χ4v) is 7.45. The number of hydrogen-bond acceptors (Lipinski definition) is 6. The number of carbonyl (C=O) groups is 3. The molecule has 5 aliphatic heterocycles. The summed E-state index contributed by atoms with van der Waals surface area (Å²) in [6, 6.07) is 7.85. The number of hydrogen-bond donors (Lipinski definition) is 3. The molecule has 45 heavy (non-hydrogen) atoms. The molecule has 0 aliphatic carbocycles. The Kier molecular flexibility index (Phi) is 10.4. The van der Waals surface area contributed by atoms with Crippen LogP contribution in [0.3, 0.4) is 0 Å². The van der Waals surface area contributed by atoms with Gasteiger partial charge in [0.15, 0.2) is 0 Å². The lowest BCUT2D eigenvalue weighted by Gasteiger charge is -2.42. The number of para-hydroxylation sites is 1. The van der Waals surface area contributed by atoms with Crippen molar-refractivity contribution in [1.29, 1.82) is 0 Å². The number of anilines is 1. The Labute approximate surface area is 267 Å². The van der Waals surface area contributed by atoms with Crippen molar-refractivity contribution in [2.45, 2.75) is 82.5 Å². The molecule has 10 heteroatoms. The predicted octanol–water partition coefficient (Wildman–Crippen LogP) is 3.80. The second-order valence-electron chi connectivity index (χ2n) is 13.0. The largest absolute Gasteiger partial charge is 0.388 e. The molecule has 0 radical (unpaired) electrons. The van der Waals surface area contributed by atoms with Crippen molar-refractivity contribution >= 4 is 23.5 Å². The van der Waals surface area contributed by atoms with Crippen LogP contribution in [0.15, 0.2) is 60.5 Å². The lowest BCUT2D eigenvalue weighted by atomic mass is 9.98. The number of urea groups is 1. The maximum atomic E-state index is 14.0. The summed E-state index contributed by atoms with van der Waals surface area (Å²) >= 11 is 0. The number of piperidine rings is 3. The van der Waals surface area contributed by atoms with Gasteiger partial charge in [-0.15, -0.1) is 0 Å². The molecule has 5 heterocycles. The summed E-state index contributed by atoms with van der Waals surface area (Å²) in [5, 5.41) is 9.71. The third kappa shape index (κ3) is 7.90. The summed E-state index contributed by atoms with van der Waals surface area (Å²) in [7, 11) is 0. The van der Waals surface area contributed by atoms with Crippen LogP contribution in [0.1, 0.15) is 63.4 Å². The van der Waals surface area contributed by atoms with Gasteiger partial charge in [0, 0.05) is 62.7 Å². The molecule has 6 rings (SSSR count). The van der Waals surface area contributed by atoms with Crippen molar-refractivity contribution < 1.29 is 14.4 Å². The molecule has 0 saturated carbocycles. The standard InChI is InChI=1S/C35H49N7O3/c43-33(40-21-15-30(16-22-40)42-26-27-9-2-3-12-31(27)38-35(42)45)25-32(37-28-10-4-5-17-36-18-8-11-28)34(44)41-23-13-29(14-24-41)39-19-6-1-7-20-39/h2-3,5,8-12,17,29-30,32,36-37H,1,4,6-7,13-16,18-26H2,(H,38,45)/b11-8?,17-5-,28-10?/t32-/m0/s1. The minimum atomic E-state index is -0.625. The summed E-state index contributed by atoms with van der Waals surface area (Å²) < 4.78 is 0. The Hall–Kier alpha value is -3.79. The first-order chi connectivity index (χ1) is 22.0. The molecule has 4 amide bonds. The summed E-state index contributed by atoms with van der Waals surface area (Å²) in [5.74, 6) is 0.00646. The number of nitrogens with one attached hydrogen (secondary N) is 3. The van der Waals surface area contributed by atoms with E-state index >= 15 is 0 Å². The molecule has 1 atom stereocenters. The highest BCUT2D eigenvalue weighted by atomic mass is 16.2. The second-order valence-corrected chi connectivity index (χ2v) is 13.0. The zero-order chi connectivity index (χ0) is 31.0. The van der Waals surface area contributed by atoms with Gasteiger partial charge in [-0.25, -0.2) is 4.79 Å². The molecule has 0 unspecified atom stereocenters. The van der Waals surface area contributed by atoms with E-state index in [0.29, 0.717) is 32.2 Å². The van der Waals surface area contributed by atoms with E-state index in [2.05, 4.69) is 33.0 Å². The highest BCUT2D eigenvalue weighted by Gasteiger charge is 2.36. The van der Waals surface area contributed by atoms with E-state index in [4.69, 9.17) is 0 Å². The molecule has 0 spiro atoms. The van der Waals surface area contributed by atoms with Gasteiger partial charge in [-0.1, -0.05) is 42.8 Å². The molecular formula is C35H49N7O3. The number of likely N-dealkylation sites (tertiary alicyclic amines) is 3. The lowest BCUT2D eigenvalue weighted by molar-refractivity contribution is -0.140. The number of fused-ring (bicyclic) bond motifs is 1. The van der Waals surface area contributed by atoms with Crippen molar-refractivity contribution in [3.63, 3.8) is 0 Å². The van der Waals surface area contributed by atoms with E-state index < -0.39 is 6.04 Å². The fraction of sp³-hybridized carbons (Fsp3) is 0.571. The lowest BCUT2D eigenvalue weighted by Crippen LogP contribution is -2.54. The third-order valence-electron chi connectivity index (χ3n) is 10.1. The SMILES string of the molecule is O=C(C[C@H](NC1=CC/C=C\NCC=C1)C(=O)N1CCC(N2CCCCC2)CC1)N1CCC(N2Cc3ccccc3NC2=O)CC1. The molecule has 5 aliphatic rings. The van der Waals surface area contributed by atoms with Crippen LogP contribution in [-0.4, -0.2) is 101 Å². The quantitative estimate of drug-likeness (QED) is 0.432. The minimum absolute atomic E-state index is 0.00912. The molecular weight excluding hydrogens is 566 g/mol. The van der Waals surface area contributed by atoms with Gasteiger partial charge >= 0.3 is 6.03 Å². The van der Waals surface area contributed by atoms with Crippen LogP contribution in [0.4, 0.5) is 10.5 Å². The van der Waals surface area contributed by atoms with Gasteiger partial charge in [-0.3, -0.25) is 9.59 Å². The van der Waals surface area contributed by atoms with Crippen LogP contribution in [0.2, 0.25) is 0 Å². The monoisotopic (exact) mass is 615 g/mol. The molecule has 242 valence electrons. The molecule has 0 bridgehead atoms. The summed E-state index contributed by atoms with van der Waals surface area (Å²) in [5.41, 5.74) is 2.86. The minimum Gasteiger partial charge on any atom is -0.388 e. The average molecular weight is 616 g/mol. The molecule has 1 aromatic rings. The van der Waals surface area contributed by atoms with Crippen LogP contribution < -0.4 is 16.0 Å². The molecule has 3 saturated heterocycles. The number of benzene rings is 1. The van der Waals surface area contributed by atoms with Gasteiger partial charge in [-0.2, -0.15) is 0 Å². The summed E-state index contributed by atoms with van der Waals surface area (Å²) in [4.78, 5) is 49.0. The van der Waals surface area contributed by atoms with E-state index in [-0.39, 0.29) is 30.3 Å².